The van der Waals surface area contributed by atoms with E-state index in [0.717, 1.165) is 27.8 Å². The van der Waals surface area contributed by atoms with E-state index in [1.807, 2.05) is 56.5 Å². The Bertz CT molecular complexity index is 1340. The Labute approximate surface area is 183 Å². The van der Waals surface area contributed by atoms with E-state index in [9.17, 15) is 9.59 Å². The first-order valence-corrected chi connectivity index (χ1v) is 10.7. The zero-order valence-electron chi connectivity index (χ0n) is 17.8. The fraction of sp³-hybridized carbons (Fsp3) is 0.208. The van der Waals surface area contributed by atoms with Crippen LogP contribution in [0.5, 0.6) is 5.75 Å². The molecule has 1 amide bonds. The molecule has 2 aromatic heterocycles. The van der Waals surface area contributed by atoms with Gasteiger partial charge in [-0.05, 0) is 55.7 Å². The molecule has 0 aliphatic carbocycles. The molecule has 31 heavy (non-hydrogen) atoms. The van der Waals surface area contributed by atoms with Gasteiger partial charge < -0.3 is 9.15 Å². The first-order chi connectivity index (χ1) is 14.8. The van der Waals surface area contributed by atoms with Crippen molar-refractivity contribution in [1.82, 2.24) is 4.98 Å². The van der Waals surface area contributed by atoms with Gasteiger partial charge in [-0.25, -0.2) is 9.78 Å². The predicted octanol–water partition coefficient (Wildman–Crippen LogP) is 5.44. The van der Waals surface area contributed by atoms with Crippen LogP contribution in [0.4, 0.5) is 10.8 Å². The molecule has 0 unspecified atom stereocenters. The van der Waals surface area contributed by atoms with Crippen LogP contribution in [0.2, 0.25) is 0 Å². The van der Waals surface area contributed by atoms with E-state index in [2.05, 4.69) is 4.98 Å². The summed E-state index contributed by atoms with van der Waals surface area (Å²) in [6, 6.07) is 12.8. The smallest absolute Gasteiger partial charge is 0.336 e. The summed E-state index contributed by atoms with van der Waals surface area (Å²) in [6.45, 7) is 7.65. The number of hydrogen-bond donors (Lipinski definition) is 0. The van der Waals surface area contributed by atoms with Gasteiger partial charge in [-0.2, -0.15) is 0 Å². The summed E-state index contributed by atoms with van der Waals surface area (Å²) in [5.41, 5.74) is 4.65. The normalized spacial score (nSPS) is 11.0. The van der Waals surface area contributed by atoms with Crippen LogP contribution in [-0.4, -0.2) is 10.9 Å². The topological polar surface area (TPSA) is 72.6 Å². The number of benzene rings is 2. The van der Waals surface area contributed by atoms with Crippen molar-refractivity contribution in [2.75, 3.05) is 4.90 Å². The Kier molecular flexibility index (Phi) is 5.61. The lowest BCUT2D eigenvalue weighted by atomic mass is 10.1. The lowest BCUT2D eigenvalue weighted by Crippen LogP contribution is -2.23. The molecule has 0 saturated carbocycles. The van der Waals surface area contributed by atoms with E-state index < -0.39 is 0 Å². The SMILES string of the molecule is CC(=O)N(c1nc(COc2ccc3c(C)cc(=O)oc3c2)cs1)c1cccc(C)c1C. The van der Waals surface area contributed by atoms with Crippen LogP contribution in [0.25, 0.3) is 11.0 Å². The number of aromatic nitrogens is 1. The van der Waals surface area contributed by atoms with Gasteiger partial charge in [-0.1, -0.05) is 12.1 Å². The van der Waals surface area contributed by atoms with Gasteiger partial charge in [0.2, 0.25) is 5.91 Å². The van der Waals surface area contributed by atoms with Gasteiger partial charge in [-0.15, -0.1) is 11.3 Å². The summed E-state index contributed by atoms with van der Waals surface area (Å²) < 4.78 is 11.1. The van der Waals surface area contributed by atoms with Gasteiger partial charge >= 0.3 is 5.63 Å². The number of nitrogens with zero attached hydrogens (tertiary/aromatic N) is 2. The van der Waals surface area contributed by atoms with Crippen LogP contribution in [0.1, 0.15) is 29.3 Å². The quantitative estimate of drug-likeness (QED) is 0.391. The minimum absolute atomic E-state index is 0.101. The molecule has 0 saturated heterocycles. The highest BCUT2D eigenvalue weighted by molar-refractivity contribution is 7.14. The van der Waals surface area contributed by atoms with Crippen LogP contribution in [-0.2, 0) is 11.4 Å². The first-order valence-electron chi connectivity index (χ1n) is 9.82. The fourth-order valence-corrected chi connectivity index (χ4v) is 4.27. The lowest BCUT2D eigenvalue weighted by Gasteiger charge is -2.21. The second-order valence-electron chi connectivity index (χ2n) is 7.39. The van der Waals surface area contributed by atoms with E-state index >= 15 is 0 Å². The molecular weight excluding hydrogens is 412 g/mol. The Balaban J connectivity index is 1.56. The number of anilines is 2. The van der Waals surface area contributed by atoms with Crippen molar-refractivity contribution in [3.63, 3.8) is 0 Å². The van der Waals surface area contributed by atoms with E-state index in [1.165, 1.54) is 24.3 Å². The molecule has 2 heterocycles. The Morgan fingerprint density at radius 3 is 2.71 bits per heavy atom. The van der Waals surface area contributed by atoms with Crippen molar-refractivity contribution in [1.29, 1.82) is 0 Å². The third-order valence-corrected chi connectivity index (χ3v) is 6.05. The maximum Gasteiger partial charge on any atom is 0.336 e. The summed E-state index contributed by atoms with van der Waals surface area (Å²) >= 11 is 1.39. The van der Waals surface area contributed by atoms with Gasteiger partial charge in [0.25, 0.3) is 0 Å². The van der Waals surface area contributed by atoms with Crippen LogP contribution in [0, 0.1) is 20.8 Å². The number of carbonyl (C=O) groups is 1. The minimum Gasteiger partial charge on any atom is -0.487 e. The molecule has 158 valence electrons. The molecule has 4 rings (SSSR count). The van der Waals surface area contributed by atoms with Crippen molar-refractivity contribution in [3.8, 4) is 5.75 Å². The number of thiazole rings is 1. The van der Waals surface area contributed by atoms with Gasteiger partial charge in [0.05, 0.1) is 11.4 Å². The summed E-state index contributed by atoms with van der Waals surface area (Å²) in [6.07, 6.45) is 0. The van der Waals surface area contributed by atoms with Crippen LogP contribution < -0.4 is 15.3 Å². The maximum atomic E-state index is 12.4. The highest BCUT2D eigenvalue weighted by atomic mass is 32.1. The molecule has 0 spiro atoms. The van der Waals surface area contributed by atoms with Crippen molar-refractivity contribution < 1.29 is 13.9 Å². The third kappa shape index (κ3) is 4.22. The van der Waals surface area contributed by atoms with Gasteiger partial charge in [0.15, 0.2) is 5.13 Å². The predicted molar refractivity (Wildman–Crippen MR) is 122 cm³/mol. The van der Waals surface area contributed by atoms with Crippen molar-refractivity contribution in [3.05, 3.63) is 80.6 Å². The Morgan fingerprint density at radius 1 is 1.13 bits per heavy atom. The van der Waals surface area contributed by atoms with Crippen molar-refractivity contribution in [2.45, 2.75) is 34.3 Å². The van der Waals surface area contributed by atoms with Crippen LogP contribution in [0.3, 0.4) is 0 Å². The van der Waals surface area contributed by atoms with E-state index in [1.54, 1.807) is 11.0 Å². The number of rotatable bonds is 5. The van der Waals surface area contributed by atoms with Crippen molar-refractivity contribution >= 4 is 39.0 Å². The second kappa shape index (κ2) is 8.35. The molecule has 4 aromatic rings. The molecule has 2 aromatic carbocycles. The lowest BCUT2D eigenvalue weighted by molar-refractivity contribution is -0.115. The van der Waals surface area contributed by atoms with E-state index in [0.29, 0.717) is 22.2 Å². The molecule has 0 radical (unpaired) electrons. The first kappa shape index (κ1) is 20.8. The second-order valence-corrected chi connectivity index (χ2v) is 8.23. The molecule has 0 aliphatic heterocycles. The third-order valence-electron chi connectivity index (χ3n) is 5.17. The summed E-state index contributed by atoms with van der Waals surface area (Å²) in [4.78, 5) is 30.3. The number of fused-ring (bicyclic) bond motifs is 1. The fourth-order valence-electron chi connectivity index (χ4n) is 3.40. The molecule has 0 N–H and O–H groups in total. The highest BCUT2D eigenvalue weighted by Crippen LogP contribution is 2.32. The van der Waals surface area contributed by atoms with Crippen LogP contribution in [0.15, 0.2) is 57.1 Å². The highest BCUT2D eigenvalue weighted by Gasteiger charge is 2.20. The summed E-state index contributed by atoms with van der Waals surface area (Å²) in [7, 11) is 0. The van der Waals surface area contributed by atoms with E-state index in [-0.39, 0.29) is 18.1 Å². The van der Waals surface area contributed by atoms with Crippen molar-refractivity contribution in [2.24, 2.45) is 0 Å². The Hall–Kier alpha value is -3.45. The standard InChI is InChI=1S/C24H22N2O4S/c1-14-6-5-7-21(16(14)3)26(17(4)27)24-25-18(13-31-24)12-29-19-8-9-20-15(2)10-23(28)30-22(20)11-19/h5-11,13H,12H2,1-4H3. The molecule has 0 bridgehead atoms. The number of amides is 1. The largest absolute Gasteiger partial charge is 0.487 e. The van der Waals surface area contributed by atoms with Gasteiger partial charge in [0, 0.05) is 29.8 Å². The molecule has 7 heteroatoms. The van der Waals surface area contributed by atoms with Gasteiger partial charge in [-0.3, -0.25) is 9.69 Å². The zero-order chi connectivity index (χ0) is 22.1. The molecule has 0 fully saturated rings. The number of carbonyl (C=O) groups excluding carboxylic acids is 1. The summed E-state index contributed by atoms with van der Waals surface area (Å²) in [5.74, 6) is 0.476. The average Bonchev–Trinajstić information content (AvgIpc) is 3.17. The maximum absolute atomic E-state index is 12.4. The molecular formula is C24H22N2O4S. The number of aryl methyl sites for hydroxylation is 2. The zero-order valence-corrected chi connectivity index (χ0v) is 18.6. The summed E-state index contributed by atoms with van der Waals surface area (Å²) in [5, 5.41) is 3.34. The molecule has 0 atom stereocenters. The van der Waals surface area contributed by atoms with E-state index in [4.69, 9.17) is 9.15 Å². The number of ether oxygens (including phenoxy) is 1. The van der Waals surface area contributed by atoms with Gasteiger partial charge in [0.1, 0.15) is 17.9 Å². The average molecular weight is 435 g/mol. The number of hydrogen-bond acceptors (Lipinski definition) is 6. The monoisotopic (exact) mass is 434 g/mol. The minimum atomic E-state index is -0.387. The van der Waals surface area contributed by atoms with Crippen LogP contribution >= 0.6 is 11.3 Å². The molecule has 0 aliphatic rings. The molecule has 6 nitrogen and oxygen atoms in total. The Morgan fingerprint density at radius 2 is 1.94 bits per heavy atom.